The number of nitrogens with two attached hydrogens (primary N) is 1. The molecule has 1 aliphatic heterocycles. The van der Waals surface area contributed by atoms with E-state index < -0.39 is 0 Å². The van der Waals surface area contributed by atoms with Crippen molar-refractivity contribution in [3.63, 3.8) is 0 Å². The lowest BCUT2D eigenvalue weighted by atomic mass is 10.1. The van der Waals surface area contributed by atoms with Crippen LogP contribution in [0.5, 0.6) is 0 Å². The zero-order valence-electron chi connectivity index (χ0n) is 18.2. The van der Waals surface area contributed by atoms with E-state index in [4.69, 9.17) is 11.1 Å². The fraction of sp³-hybridized carbons (Fsp3) is 0.250. The molecule has 0 fully saturated rings. The lowest BCUT2D eigenvalue weighted by molar-refractivity contribution is 0.0942. The number of carbonyl (C=O) groups excluding carboxylic acids is 1. The number of hydrogen-bond donors (Lipinski definition) is 3. The summed E-state index contributed by atoms with van der Waals surface area (Å²) < 4.78 is 4.19. The summed E-state index contributed by atoms with van der Waals surface area (Å²) in [6.07, 6.45) is 7.33. The average molecular weight is 436 g/mol. The standard InChI is InChI=1S/C24H29N5OS/c1-5-8-19-15-29(14-17(19)6-2)31-23-11-22(28(4)16(23)3)24(30)27-13-18-9-7-10-21(26)20(18)12-25/h5-12,25H,2,13-15,26H2,1,3-4H3,(H,27,30)/b8-5-,25-12?. The molecule has 1 aromatic carbocycles. The topological polar surface area (TPSA) is 87.1 Å². The minimum Gasteiger partial charge on any atom is -0.398 e. The summed E-state index contributed by atoms with van der Waals surface area (Å²) in [6.45, 7) is 9.95. The van der Waals surface area contributed by atoms with Gasteiger partial charge in [0.2, 0.25) is 0 Å². The van der Waals surface area contributed by atoms with Crippen molar-refractivity contribution in [1.29, 1.82) is 5.41 Å². The summed E-state index contributed by atoms with van der Waals surface area (Å²) >= 11 is 1.66. The number of nitrogens with one attached hydrogen (secondary N) is 2. The molecule has 2 heterocycles. The van der Waals surface area contributed by atoms with Crippen molar-refractivity contribution in [2.45, 2.75) is 25.3 Å². The van der Waals surface area contributed by atoms with Gasteiger partial charge in [-0.05, 0) is 54.6 Å². The third-order valence-corrected chi connectivity index (χ3v) is 6.61. The number of aromatic nitrogens is 1. The smallest absolute Gasteiger partial charge is 0.268 e. The van der Waals surface area contributed by atoms with Gasteiger partial charge in [0.05, 0.1) is 0 Å². The Bertz CT molecular complexity index is 1080. The Morgan fingerprint density at radius 1 is 1.35 bits per heavy atom. The normalized spacial score (nSPS) is 14.4. The quantitative estimate of drug-likeness (QED) is 0.329. The van der Waals surface area contributed by atoms with E-state index in [1.807, 2.05) is 55.8 Å². The van der Waals surface area contributed by atoms with Crippen LogP contribution in [0.4, 0.5) is 5.69 Å². The number of rotatable bonds is 8. The molecule has 0 radical (unpaired) electrons. The van der Waals surface area contributed by atoms with Crippen LogP contribution in [0, 0.1) is 12.3 Å². The lowest BCUT2D eigenvalue weighted by Gasteiger charge is -2.14. The third-order valence-electron chi connectivity index (χ3n) is 5.48. The molecule has 0 saturated heterocycles. The van der Waals surface area contributed by atoms with E-state index in [2.05, 4.69) is 22.3 Å². The summed E-state index contributed by atoms with van der Waals surface area (Å²) in [5.74, 6) is -0.156. The number of anilines is 1. The van der Waals surface area contributed by atoms with Crippen LogP contribution >= 0.6 is 11.9 Å². The minimum atomic E-state index is -0.156. The molecule has 0 atom stereocenters. The van der Waals surface area contributed by atoms with E-state index >= 15 is 0 Å². The van der Waals surface area contributed by atoms with Crippen LogP contribution < -0.4 is 11.1 Å². The van der Waals surface area contributed by atoms with Crippen molar-refractivity contribution >= 4 is 29.8 Å². The highest BCUT2D eigenvalue weighted by Crippen LogP contribution is 2.33. The summed E-state index contributed by atoms with van der Waals surface area (Å²) in [7, 11) is 1.90. The second-order valence-electron chi connectivity index (χ2n) is 7.43. The maximum atomic E-state index is 12.9. The van der Waals surface area contributed by atoms with Crippen LogP contribution in [0.25, 0.3) is 0 Å². The first-order valence-corrected chi connectivity index (χ1v) is 10.9. The number of carbonyl (C=O) groups is 1. The van der Waals surface area contributed by atoms with E-state index in [-0.39, 0.29) is 5.91 Å². The maximum absolute atomic E-state index is 12.9. The van der Waals surface area contributed by atoms with Crippen LogP contribution in [0.2, 0.25) is 0 Å². The molecule has 162 valence electrons. The van der Waals surface area contributed by atoms with Crippen molar-refractivity contribution in [2.24, 2.45) is 7.05 Å². The first-order valence-electron chi connectivity index (χ1n) is 10.1. The Morgan fingerprint density at radius 2 is 2.10 bits per heavy atom. The highest BCUT2D eigenvalue weighted by Gasteiger charge is 2.23. The molecular weight excluding hydrogens is 406 g/mol. The predicted octanol–water partition coefficient (Wildman–Crippen LogP) is 4.22. The lowest BCUT2D eigenvalue weighted by Crippen LogP contribution is -2.25. The van der Waals surface area contributed by atoms with Gasteiger partial charge in [-0.15, -0.1) is 0 Å². The van der Waals surface area contributed by atoms with E-state index in [1.54, 1.807) is 18.0 Å². The summed E-state index contributed by atoms with van der Waals surface area (Å²) in [5.41, 5.74) is 12.1. The van der Waals surface area contributed by atoms with Gasteiger partial charge < -0.3 is 21.0 Å². The Balaban J connectivity index is 1.71. The number of benzene rings is 1. The number of hydrogen-bond acceptors (Lipinski definition) is 5. The number of nitrogen functional groups attached to an aromatic ring is 1. The van der Waals surface area contributed by atoms with E-state index in [9.17, 15) is 4.79 Å². The first-order chi connectivity index (χ1) is 14.9. The van der Waals surface area contributed by atoms with Gasteiger partial charge in [-0.3, -0.25) is 4.79 Å². The monoisotopic (exact) mass is 435 g/mol. The summed E-state index contributed by atoms with van der Waals surface area (Å²) in [6, 6.07) is 7.39. The van der Waals surface area contributed by atoms with Gasteiger partial charge in [-0.25, -0.2) is 4.31 Å². The molecule has 7 heteroatoms. The van der Waals surface area contributed by atoms with Gasteiger partial charge in [0.15, 0.2) is 0 Å². The summed E-state index contributed by atoms with van der Waals surface area (Å²) in [4.78, 5) is 13.9. The molecule has 1 amide bonds. The number of nitrogens with zero attached hydrogens (tertiary/aromatic N) is 2. The second-order valence-corrected chi connectivity index (χ2v) is 8.57. The molecule has 0 bridgehead atoms. The molecule has 6 nitrogen and oxygen atoms in total. The minimum absolute atomic E-state index is 0.156. The molecule has 0 aliphatic carbocycles. The maximum Gasteiger partial charge on any atom is 0.268 e. The number of amides is 1. The van der Waals surface area contributed by atoms with E-state index in [1.165, 1.54) is 17.4 Å². The van der Waals surface area contributed by atoms with Crippen molar-refractivity contribution in [1.82, 2.24) is 14.2 Å². The molecule has 4 N–H and O–H groups in total. The van der Waals surface area contributed by atoms with Gasteiger partial charge in [0.1, 0.15) is 5.69 Å². The SMILES string of the molecule is C=CC1=C(/C=C\C)CN(Sc2cc(C(=O)NCc3cccc(N)c3C=N)n(C)c2C)C1. The Kier molecular flexibility index (Phi) is 7.20. The first kappa shape index (κ1) is 22.7. The van der Waals surface area contributed by atoms with Crippen molar-refractivity contribution in [2.75, 3.05) is 18.8 Å². The second kappa shape index (κ2) is 9.85. The zero-order valence-corrected chi connectivity index (χ0v) is 19.1. The summed E-state index contributed by atoms with van der Waals surface area (Å²) in [5, 5.41) is 10.5. The molecule has 31 heavy (non-hydrogen) atoms. The van der Waals surface area contributed by atoms with E-state index in [0.717, 1.165) is 29.2 Å². The van der Waals surface area contributed by atoms with Gasteiger partial charge >= 0.3 is 0 Å². The fourth-order valence-electron chi connectivity index (χ4n) is 3.61. The van der Waals surface area contributed by atoms with Crippen molar-refractivity contribution in [3.05, 3.63) is 82.7 Å². The van der Waals surface area contributed by atoms with Crippen LogP contribution in [-0.2, 0) is 13.6 Å². The average Bonchev–Trinajstić information content (AvgIpc) is 3.27. The molecule has 1 aromatic heterocycles. The molecule has 1 aliphatic rings. The Labute approximate surface area is 188 Å². The Morgan fingerprint density at radius 3 is 2.77 bits per heavy atom. The van der Waals surface area contributed by atoms with Crippen LogP contribution in [-0.4, -0.2) is 34.1 Å². The Hall–Kier alpha value is -3.03. The molecule has 2 aromatic rings. The molecule has 0 unspecified atom stereocenters. The fourth-order valence-corrected chi connectivity index (χ4v) is 4.73. The molecule has 0 saturated carbocycles. The van der Waals surface area contributed by atoms with Gasteiger partial charge in [-0.1, -0.05) is 36.9 Å². The highest BCUT2D eigenvalue weighted by atomic mass is 32.2. The highest BCUT2D eigenvalue weighted by molar-refractivity contribution is 7.97. The molecular formula is C24H29N5OS. The largest absolute Gasteiger partial charge is 0.398 e. The third kappa shape index (κ3) is 4.84. The molecule has 0 spiro atoms. The van der Waals surface area contributed by atoms with Crippen LogP contribution in [0.3, 0.4) is 0 Å². The van der Waals surface area contributed by atoms with Crippen LogP contribution in [0.15, 0.2) is 65.1 Å². The predicted molar refractivity (Wildman–Crippen MR) is 130 cm³/mol. The molecule has 3 rings (SSSR count). The zero-order chi connectivity index (χ0) is 22.5. The van der Waals surface area contributed by atoms with Gasteiger partial charge in [0, 0.05) is 54.7 Å². The van der Waals surface area contributed by atoms with E-state index in [0.29, 0.717) is 23.5 Å². The van der Waals surface area contributed by atoms with Crippen molar-refractivity contribution < 1.29 is 4.79 Å². The number of allylic oxidation sites excluding steroid dienone is 1. The van der Waals surface area contributed by atoms with Crippen molar-refractivity contribution in [3.8, 4) is 0 Å². The van der Waals surface area contributed by atoms with Gasteiger partial charge in [-0.2, -0.15) is 0 Å². The van der Waals surface area contributed by atoms with Crippen LogP contribution in [0.1, 0.15) is 34.2 Å². The van der Waals surface area contributed by atoms with Gasteiger partial charge in [0.25, 0.3) is 5.91 Å².